The maximum atomic E-state index is 12.6. The van der Waals surface area contributed by atoms with Gasteiger partial charge in [-0.05, 0) is 68.9 Å². The van der Waals surface area contributed by atoms with E-state index in [1.807, 2.05) is 6.07 Å². The SMILES string of the molecule is Cc1ccc(CCC(=O)Nc2cc(C(N)=O)ccc2N2CCCCC2)c(C)c1. The van der Waals surface area contributed by atoms with E-state index in [1.54, 1.807) is 12.1 Å². The van der Waals surface area contributed by atoms with E-state index < -0.39 is 5.91 Å². The summed E-state index contributed by atoms with van der Waals surface area (Å²) in [5, 5.41) is 3.02. The summed E-state index contributed by atoms with van der Waals surface area (Å²) in [7, 11) is 0. The minimum absolute atomic E-state index is 0.0557. The van der Waals surface area contributed by atoms with E-state index in [-0.39, 0.29) is 5.91 Å². The number of carbonyl (C=O) groups is 2. The molecule has 2 aromatic rings. The molecule has 2 aromatic carbocycles. The Morgan fingerprint density at radius 3 is 2.46 bits per heavy atom. The van der Waals surface area contributed by atoms with Gasteiger partial charge in [-0.1, -0.05) is 23.8 Å². The number of nitrogens with zero attached hydrogens (tertiary/aromatic N) is 1. The number of benzene rings is 2. The Bertz CT molecular complexity index is 870. The van der Waals surface area contributed by atoms with Crippen molar-refractivity contribution in [3.8, 4) is 0 Å². The van der Waals surface area contributed by atoms with Gasteiger partial charge in [0.1, 0.15) is 0 Å². The monoisotopic (exact) mass is 379 g/mol. The Balaban J connectivity index is 1.74. The second kappa shape index (κ2) is 8.91. The Morgan fingerprint density at radius 1 is 1.04 bits per heavy atom. The number of hydrogen-bond acceptors (Lipinski definition) is 3. The summed E-state index contributed by atoms with van der Waals surface area (Å²) in [4.78, 5) is 26.5. The third-order valence-corrected chi connectivity index (χ3v) is 5.37. The molecule has 28 heavy (non-hydrogen) atoms. The molecule has 5 nitrogen and oxygen atoms in total. The predicted octanol–water partition coefficient (Wildman–Crippen LogP) is 3.96. The van der Waals surface area contributed by atoms with Gasteiger partial charge in [0, 0.05) is 25.1 Å². The number of carbonyl (C=O) groups excluding carboxylic acids is 2. The number of primary amides is 1. The van der Waals surface area contributed by atoms with Crippen LogP contribution in [0.2, 0.25) is 0 Å². The third-order valence-electron chi connectivity index (χ3n) is 5.37. The lowest BCUT2D eigenvalue weighted by Crippen LogP contribution is -2.30. The predicted molar refractivity (Wildman–Crippen MR) is 114 cm³/mol. The molecule has 1 heterocycles. The topological polar surface area (TPSA) is 75.4 Å². The second-order valence-corrected chi connectivity index (χ2v) is 7.62. The van der Waals surface area contributed by atoms with Gasteiger partial charge in [-0.15, -0.1) is 0 Å². The average Bonchev–Trinajstić information content (AvgIpc) is 2.68. The molecule has 0 atom stereocenters. The first-order valence-electron chi connectivity index (χ1n) is 9.99. The third kappa shape index (κ3) is 4.91. The van der Waals surface area contributed by atoms with Crippen LogP contribution in [0.4, 0.5) is 11.4 Å². The molecule has 1 aliphatic heterocycles. The summed E-state index contributed by atoms with van der Waals surface area (Å²) < 4.78 is 0. The summed E-state index contributed by atoms with van der Waals surface area (Å²) in [5.41, 5.74) is 11.1. The fraction of sp³-hybridized carbons (Fsp3) is 0.391. The molecule has 0 aromatic heterocycles. The van der Waals surface area contributed by atoms with Crippen LogP contribution in [0.15, 0.2) is 36.4 Å². The van der Waals surface area contributed by atoms with Crippen molar-refractivity contribution in [3.63, 3.8) is 0 Å². The number of nitrogens with one attached hydrogen (secondary N) is 1. The van der Waals surface area contributed by atoms with Gasteiger partial charge in [-0.3, -0.25) is 9.59 Å². The van der Waals surface area contributed by atoms with Crippen molar-refractivity contribution in [3.05, 3.63) is 58.7 Å². The van der Waals surface area contributed by atoms with Crippen LogP contribution in [0.1, 0.15) is 52.7 Å². The minimum atomic E-state index is -0.490. The highest BCUT2D eigenvalue weighted by molar-refractivity contribution is 5.99. The van der Waals surface area contributed by atoms with Crippen molar-refractivity contribution >= 4 is 23.2 Å². The number of amides is 2. The van der Waals surface area contributed by atoms with Crippen molar-refractivity contribution in [2.24, 2.45) is 5.73 Å². The zero-order valence-corrected chi connectivity index (χ0v) is 16.8. The fourth-order valence-corrected chi connectivity index (χ4v) is 3.79. The second-order valence-electron chi connectivity index (χ2n) is 7.62. The van der Waals surface area contributed by atoms with Crippen molar-refractivity contribution in [1.29, 1.82) is 0 Å². The molecule has 0 bridgehead atoms. The zero-order chi connectivity index (χ0) is 20.1. The van der Waals surface area contributed by atoms with Gasteiger partial charge in [-0.2, -0.15) is 0 Å². The molecular weight excluding hydrogens is 350 g/mol. The Labute approximate surface area is 166 Å². The molecule has 2 amide bonds. The lowest BCUT2D eigenvalue weighted by Gasteiger charge is -2.30. The number of piperidine rings is 1. The van der Waals surface area contributed by atoms with Crippen LogP contribution in [0.5, 0.6) is 0 Å². The first-order valence-corrected chi connectivity index (χ1v) is 9.99. The molecule has 0 spiro atoms. The number of aryl methyl sites for hydroxylation is 3. The van der Waals surface area contributed by atoms with E-state index in [1.165, 1.54) is 23.1 Å². The molecule has 5 heteroatoms. The summed E-state index contributed by atoms with van der Waals surface area (Å²) >= 11 is 0. The normalized spacial score (nSPS) is 14.0. The number of hydrogen-bond donors (Lipinski definition) is 2. The van der Waals surface area contributed by atoms with Crippen LogP contribution < -0.4 is 16.0 Å². The molecule has 1 fully saturated rings. The molecule has 148 valence electrons. The highest BCUT2D eigenvalue weighted by atomic mass is 16.2. The van der Waals surface area contributed by atoms with Gasteiger partial charge in [-0.25, -0.2) is 0 Å². The van der Waals surface area contributed by atoms with E-state index in [0.29, 0.717) is 24.1 Å². The average molecular weight is 380 g/mol. The van der Waals surface area contributed by atoms with E-state index >= 15 is 0 Å². The summed E-state index contributed by atoms with van der Waals surface area (Å²) in [6, 6.07) is 11.6. The van der Waals surface area contributed by atoms with Gasteiger partial charge in [0.15, 0.2) is 0 Å². The Kier molecular flexibility index (Phi) is 6.34. The largest absolute Gasteiger partial charge is 0.370 e. The summed E-state index contributed by atoms with van der Waals surface area (Å²) in [6.45, 7) is 6.06. The molecule has 0 unspecified atom stereocenters. The Morgan fingerprint density at radius 2 is 1.79 bits per heavy atom. The maximum absolute atomic E-state index is 12.6. The molecule has 0 aliphatic carbocycles. The van der Waals surface area contributed by atoms with Crippen LogP contribution in [-0.4, -0.2) is 24.9 Å². The number of rotatable bonds is 6. The quantitative estimate of drug-likeness (QED) is 0.797. The van der Waals surface area contributed by atoms with Gasteiger partial charge in [0.2, 0.25) is 11.8 Å². The van der Waals surface area contributed by atoms with Crippen molar-refractivity contribution < 1.29 is 9.59 Å². The first kappa shape index (κ1) is 19.9. The lowest BCUT2D eigenvalue weighted by atomic mass is 10.0. The first-order chi connectivity index (χ1) is 13.4. The minimum Gasteiger partial charge on any atom is -0.370 e. The Hall–Kier alpha value is -2.82. The highest BCUT2D eigenvalue weighted by Gasteiger charge is 2.17. The molecular formula is C23H29N3O2. The zero-order valence-electron chi connectivity index (χ0n) is 16.8. The highest BCUT2D eigenvalue weighted by Crippen LogP contribution is 2.30. The molecule has 3 N–H and O–H groups in total. The van der Waals surface area contributed by atoms with Crippen molar-refractivity contribution in [2.75, 3.05) is 23.3 Å². The standard InChI is InChI=1S/C23H29N3O2/c1-16-6-7-18(17(2)14-16)9-11-22(27)25-20-15-19(23(24)28)8-10-21(20)26-12-4-3-5-13-26/h6-8,10,14-15H,3-5,9,11-13H2,1-2H3,(H2,24,28)(H,25,27). The van der Waals surface area contributed by atoms with Crippen LogP contribution in [0.25, 0.3) is 0 Å². The summed E-state index contributed by atoms with van der Waals surface area (Å²) in [5.74, 6) is -0.546. The fourth-order valence-electron chi connectivity index (χ4n) is 3.79. The van der Waals surface area contributed by atoms with Crippen LogP contribution in [0.3, 0.4) is 0 Å². The lowest BCUT2D eigenvalue weighted by molar-refractivity contribution is -0.116. The van der Waals surface area contributed by atoms with Gasteiger partial charge in [0.05, 0.1) is 11.4 Å². The molecule has 0 radical (unpaired) electrons. The van der Waals surface area contributed by atoms with Gasteiger partial charge in [0.25, 0.3) is 0 Å². The maximum Gasteiger partial charge on any atom is 0.248 e. The van der Waals surface area contributed by atoms with Crippen LogP contribution in [0, 0.1) is 13.8 Å². The van der Waals surface area contributed by atoms with E-state index in [2.05, 4.69) is 42.3 Å². The number of anilines is 2. The molecule has 1 aliphatic rings. The van der Waals surface area contributed by atoms with Crippen molar-refractivity contribution in [1.82, 2.24) is 0 Å². The van der Waals surface area contributed by atoms with E-state index in [4.69, 9.17) is 5.73 Å². The van der Waals surface area contributed by atoms with Crippen molar-refractivity contribution in [2.45, 2.75) is 46.0 Å². The van der Waals surface area contributed by atoms with Gasteiger partial charge >= 0.3 is 0 Å². The molecule has 0 saturated carbocycles. The molecule has 3 rings (SSSR count). The van der Waals surface area contributed by atoms with Crippen LogP contribution in [-0.2, 0) is 11.2 Å². The number of nitrogens with two attached hydrogens (primary N) is 1. The van der Waals surface area contributed by atoms with Gasteiger partial charge < -0.3 is 16.0 Å². The summed E-state index contributed by atoms with van der Waals surface area (Å²) in [6.07, 6.45) is 4.58. The molecule has 1 saturated heterocycles. The van der Waals surface area contributed by atoms with E-state index in [9.17, 15) is 9.59 Å². The van der Waals surface area contributed by atoms with E-state index in [0.717, 1.165) is 31.6 Å². The smallest absolute Gasteiger partial charge is 0.248 e. The van der Waals surface area contributed by atoms with Crippen LogP contribution >= 0.6 is 0 Å².